The number of halogens is 1. The van der Waals surface area contributed by atoms with Crippen molar-refractivity contribution in [2.24, 2.45) is 0 Å². The van der Waals surface area contributed by atoms with Crippen molar-refractivity contribution in [3.8, 4) is 11.8 Å². The van der Waals surface area contributed by atoms with E-state index in [1.165, 1.54) is 13.2 Å². The summed E-state index contributed by atoms with van der Waals surface area (Å²) in [4.78, 5) is 11.1. The quantitative estimate of drug-likeness (QED) is 0.718. The van der Waals surface area contributed by atoms with Crippen molar-refractivity contribution in [2.75, 3.05) is 7.11 Å². The number of rotatable bonds is 1. The Labute approximate surface area is 85.3 Å². The molecule has 0 bridgehead atoms. The molecule has 4 nitrogen and oxygen atoms in total. The Bertz CT molecular complexity index is 400. The van der Waals surface area contributed by atoms with Crippen LogP contribution in [-0.4, -0.2) is 18.2 Å². The van der Waals surface area contributed by atoms with Crippen molar-refractivity contribution in [3.63, 3.8) is 0 Å². The van der Waals surface area contributed by atoms with E-state index >= 15 is 0 Å². The van der Waals surface area contributed by atoms with Crippen LogP contribution in [0.4, 0.5) is 0 Å². The molecule has 0 spiro atoms. The maximum atomic E-state index is 11.1. The van der Waals surface area contributed by atoms with Crippen LogP contribution in [0.25, 0.3) is 0 Å². The number of hydrogen-bond acceptors (Lipinski definition) is 4. The SMILES string of the molecule is COC(=O)c1c(O)cc(C#N)cc1Cl. The molecule has 1 N–H and O–H groups in total. The lowest BCUT2D eigenvalue weighted by atomic mass is 10.1. The minimum atomic E-state index is -0.739. The average Bonchev–Trinajstić information content (AvgIpc) is 2.16. The van der Waals surface area contributed by atoms with Gasteiger partial charge in [-0.3, -0.25) is 0 Å². The highest BCUT2D eigenvalue weighted by Crippen LogP contribution is 2.27. The molecule has 0 saturated carbocycles. The van der Waals surface area contributed by atoms with E-state index in [1.807, 2.05) is 0 Å². The van der Waals surface area contributed by atoms with Gasteiger partial charge in [0, 0.05) is 0 Å². The summed E-state index contributed by atoms with van der Waals surface area (Å²) >= 11 is 5.68. The summed E-state index contributed by atoms with van der Waals surface area (Å²) in [5, 5.41) is 17.9. The van der Waals surface area contributed by atoms with Crippen LogP contribution < -0.4 is 0 Å². The number of nitriles is 1. The normalized spacial score (nSPS) is 9.21. The lowest BCUT2D eigenvalue weighted by Gasteiger charge is -2.04. The highest BCUT2D eigenvalue weighted by Gasteiger charge is 2.17. The van der Waals surface area contributed by atoms with Gasteiger partial charge in [-0.25, -0.2) is 4.79 Å². The van der Waals surface area contributed by atoms with Crippen LogP contribution in [0, 0.1) is 11.3 Å². The van der Waals surface area contributed by atoms with Crippen LogP contribution in [0.1, 0.15) is 15.9 Å². The Kier molecular flexibility index (Phi) is 2.95. The van der Waals surface area contributed by atoms with Gasteiger partial charge in [0.15, 0.2) is 0 Å². The summed E-state index contributed by atoms with van der Waals surface area (Å²) in [6.45, 7) is 0. The molecule has 0 radical (unpaired) electrons. The third-order valence-corrected chi connectivity index (χ3v) is 1.89. The molecule has 0 aliphatic carbocycles. The number of ether oxygens (including phenoxy) is 1. The first kappa shape index (κ1) is 10.4. The molecule has 0 aliphatic heterocycles. The zero-order valence-corrected chi connectivity index (χ0v) is 8.00. The van der Waals surface area contributed by atoms with Gasteiger partial charge in [-0.15, -0.1) is 0 Å². The molecule has 0 atom stereocenters. The Morgan fingerprint density at radius 3 is 2.71 bits per heavy atom. The number of esters is 1. The standard InChI is InChI=1S/C9H6ClNO3/c1-14-9(13)8-6(10)2-5(4-11)3-7(8)12/h2-3,12H,1H3. The van der Waals surface area contributed by atoms with Crippen LogP contribution in [0.15, 0.2) is 12.1 Å². The molecule has 1 aromatic carbocycles. The predicted octanol–water partition coefficient (Wildman–Crippen LogP) is 1.70. The van der Waals surface area contributed by atoms with Gasteiger partial charge in [0.2, 0.25) is 0 Å². The number of nitrogens with zero attached hydrogens (tertiary/aromatic N) is 1. The molecule has 1 rings (SSSR count). The minimum Gasteiger partial charge on any atom is -0.507 e. The number of benzene rings is 1. The molecule has 72 valence electrons. The van der Waals surface area contributed by atoms with E-state index < -0.39 is 5.97 Å². The number of carbonyl (C=O) groups excluding carboxylic acids is 1. The zero-order chi connectivity index (χ0) is 10.7. The summed E-state index contributed by atoms with van der Waals surface area (Å²) in [6.07, 6.45) is 0. The monoisotopic (exact) mass is 211 g/mol. The van der Waals surface area contributed by atoms with Gasteiger partial charge in [-0.2, -0.15) is 5.26 Å². The topological polar surface area (TPSA) is 70.3 Å². The second-order valence-corrected chi connectivity index (χ2v) is 2.86. The zero-order valence-electron chi connectivity index (χ0n) is 7.24. The van der Waals surface area contributed by atoms with Crippen molar-refractivity contribution < 1.29 is 14.6 Å². The van der Waals surface area contributed by atoms with E-state index in [0.29, 0.717) is 0 Å². The van der Waals surface area contributed by atoms with Gasteiger partial charge in [0.1, 0.15) is 11.3 Å². The largest absolute Gasteiger partial charge is 0.507 e. The molecule has 14 heavy (non-hydrogen) atoms. The third-order valence-electron chi connectivity index (χ3n) is 1.59. The van der Waals surface area contributed by atoms with Crippen molar-refractivity contribution in [3.05, 3.63) is 28.3 Å². The number of aromatic hydroxyl groups is 1. The number of hydrogen-bond donors (Lipinski definition) is 1. The van der Waals surface area contributed by atoms with Crippen LogP contribution in [-0.2, 0) is 4.74 Å². The highest BCUT2D eigenvalue weighted by molar-refractivity contribution is 6.34. The number of carbonyl (C=O) groups is 1. The van der Waals surface area contributed by atoms with E-state index in [0.717, 1.165) is 6.07 Å². The van der Waals surface area contributed by atoms with E-state index in [9.17, 15) is 9.90 Å². The van der Waals surface area contributed by atoms with Gasteiger partial charge in [-0.05, 0) is 12.1 Å². The second-order valence-electron chi connectivity index (χ2n) is 2.46. The molecule has 0 fully saturated rings. The van der Waals surface area contributed by atoms with Crippen LogP contribution in [0.3, 0.4) is 0 Å². The fourth-order valence-corrected chi connectivity index (χ4v) is 1.25. The molecule has 0 amide bonds. The van der Waals surface area contributed by atoms with E-state index in [-0.39, 0.29) is 21.9 Å². The van der Waals surface area contributed by atoms with Gasteiger partial charge >= 0.3 is 5.97 Å². The van der Waals surface area contributed by atoms with E-state index in [2.05, 4.69) is 4.74 Å². The lowest BCUT2D eigenvalue weighted by molar-refractivity contribution is 0.0597. The molecule has 0 heterocycles. The summed E-state index contributed by atoms with van der Waals surface area (Å²) < 4.78 is 4.41. The molecular weight excluding hydrogens is 206 g/mol. The van der Waals surface area contributed by atoms with Crippen molar-refractivity contribution in [1.29, 1.82) is 5.26 Å². The molecule has 1 aromatic rings. The van der Waals surface area contributed by atoms with Gasteiger partial charge in [0.25, 0.3) is 0 Å². The van der Waals surface area contributed by atoms with Gasteiger partial charge < -0.3 is 9.84 Å². The van der Waals surface area contributed by atoms with Crippen LogP contribution in [0.5, 0.6) is 5.75 Å². The van der Waals surface area contributed by atoms with Crippen molar-refractivity contribution in [1.82, 2.24) is 0 Å². The fourth-order valence-electron chi connectivity index (χ4n) is 0.961. The Morgan fingerprint density at radius 2 is 2.29 bits per heavy atom. The third kappa shape index (κ3) is 1.78. The summed E-state index contributed by atoms with van der Waals surface area (Å²) in [6, 6.07) is 4.23. The maximum Gasteiger partial charge on any atom is 0.343 e. The van der Waals surface area contributed by atoms with Gasteiger partial charge in [0.05, 0.1) is 23.8 Å². The fraction of sp³-hybridized carbons (Fsp3) is 0.111. The Morgan fingerprint density at radius 1 is 1.64 bits per heavy atom. The molecular formula is C9H6ClNO3. The molecule has 0 aliphatic rings. The first-order valence-corrected chi connectivity index (χ1v) is 3.99. The molecule has 0 saturated heterocycles. The molecule has 5 heteroatoms. The van der Waals surface area contributed by atoms with Crippen molar-refractivity contribution in [2.45, 2.75) is 0 Å². The average molecular weight is 212 g/mol. The Balaban J connectivity index is 3.34. The Hall–Kier alpha value is -1.73. The predicted molar refractivity (Wildman–Crippen MR) is 49.2 cm³/mol. The van der Waals surface area contributed by atoms with Crippen LogP contribution >= 0.6 is 11.6 Å². The molecule has 0 unspecified atom stereocenters. The number of phenolic OH excluding ortho intramolecular Hbond substituents is 1. The summed E-state index contributed by atoms with van der Waals surface area (Å²) in [5.41, 5.74) is 0.0494. The first-order valence-electron chi connectivity index (χ1n) is 3.61. The van der Waals surface area contributed by atoms with Crippen molar-refractivity contribution >= 4 is 17.6 Å². The van der Waals surface area contributed by atoms with E-state index in [1.54, 1.807) is 6.07 Å². The van der Waals surface area contributed by atoms with Crippen LogP contribution in [0.2, 0.25) is 5.02 Å². The molecule has 0 aromatic heterocycles. The highest BCUT2D eigenvalue weighted by atomic mass is 35.5. The smallest absolute Gasteiger partial charge is 0.343 e. The number of phenols is 1. The first-order chi connectivity index (χ1) is 6.60. The second kappa shape index (κ2) is 3.99. The van der Waals surface area contributed by atoms with E-state index in [4.69, 9.17) is 16.9 Å². The maximum absolute atomic E-state index is 11.1. The summed E-state index contributed by atoms with van der Waals surface area (Å²) in [7, 11) is 1.18. The lowest BCUT2D eigenvalue weighted by Crippen LogP contribution is -2.02. The number of methoxy groups -OCH3 is 1. The van der Waals surface area contributed by atoms with Gasteiger partial charge in [-0.1, -0.05) is 11.6 Å². The summed E-state index contributed by atoms with van der Waals surface area (Å²) in [5.74, 6) is -1.10. The minimum absolute atomic E-state index is 0.00611.